The predicted octanol–water partition coefficient (Wildman–Crippen LogP) is 1.60. The van der Waals surface area contributed by atoms with Crippen LogP contribution in [0.3, 0.4) is 0 Å². The van der Waals surface area contributed by atoms with Crippen molar-refractivity contribution in [2.75, 3.05) is 13.1 Å². The van der Waals surface area contributed by atoms with Gasteiger partial charge in [0.1, 0.15) is 0 Å². The summed E-state index contributed by atoms with van der Waals surface area (Å²) in [7, 11) is 0. The molecule has 1 unspecified atom stereocenters. The zero-order valence-corrected chi connectivity index (χ0v) is 11.9. The molecule has 1 atom stereocenters. The van der Waals surface area contributed by atoms with Crippen molar-refractivity contribution < 1.29 is 9.90 Å². The lowest BCUT2D eigenvalue weighted by Gasteiger charge is -2.15. The summed E-state index contributed by atoms with van der Waals surface area (Å²) in [5, 5.41) is 15.3. The molecule has 3 N–H and O–H groups in total. The summed E-state index contributed by atoms with van der Waals surface area (Å²) < 4.78 is 0. The SMILES string of the molecule is CC(C)C(=O)NCCNC(C)c1cccc(CO)c1. The Labute approximate surface area is 115 Å². The molecule has 19 heavy (non-hydrogen) atoms. The van der Waals surface area contributed by atoms with Gasteiger partial charge in [-0.1, -0.05) is 38.1 Å². The van der Waals surface area contributed by atoms with E-state index in [2.05, 4.69) is 17.6 Å². The summed E-state index contributed by atoms with van der Waals surface area (Å²) >= 11 is 0. The van der Waals surface area contributed by atoms with Gasteiger partial charge in [-0.25, -0.2) is 0 Å². The Hall–Kier alpha value is -1.39. The molecule has 1 rings (SSSR count). The minimum absolute atomic E-state index is 0.0265. The molecule has 4 heteroatoms. The molecule has 106 valence electrons. The molecule has 0 aliphatic rings. The first kappa shape index (κ1) is 15.7. The minimum Gasteiger partial charge on any atom is -0.392 e. The number of benzene rings is 1. The van der Waals surface area contributed by atoms with Crippen molar-refractivity contribution in [3.63, 3.8) is 0 Å². The third-order valence-electron chi connectivity index (χ3n) is 3.03. The molecule has 0 radical (unpaired) electrons. The van der Waals surface area contributed by atoms with Crippen molar-refractivity contribution in [2.45, 2.75) is 33.4 Å². The highest BCUT2D eigenvalue weighted by Crippen LogP contribution is 2.13. The molecule has 1 amide bonds. The molecule has 4 nitrogen and oxygen atoms in total. The molecule has 0 aromatic heterocycles. The van der Waals surface area contributed by atoms with Crippen LogP contribution in [0.4, 0.5) is 0 Å². The van der Waals surface area contributed by atoms with Gasteiger partial charge >= 0.3 is 0 Å². The maximum Gasteiger partial charge on any atom is 0.222 e. The van der Waals surface area contributed by atoms with E-state index >= 15 is 0 Å². The molecular weight excluding hydrogens is 240 g/mol. The highest BCUT2D eigenvalue weighted by atomic mass is 16.3. The topological polar surface area (TPSA) is 61.4 Å². The smallest absolute Gasteiger partial charge is 0.222 e. The van der Waals surface area contributed by atoms with E-state index in [1.54, 1.807) is 0 Å². The highest BCUT2D eigenvalue weighted by Gasteiger charge is 2.07. The number of carbonyl (C=O) groups excluding carboxylic acids is 1. The molecule has 1 aromatic carbocycles. The van der Waals surface area contributed by atoms with Crippen LogP contribution in [0.2, 0.25) is 0 Å². The number of aliphatic hydroxyl groups is 1. The number of amides is 1. The molecule has 0 saturated heterocycles. The van der Waals surface area contributed by atoms with Gasteiger partial charge < -0.3 is 15.7 Å². The molecule has 0 aliphatic carbocycles. The Morgan fingerprint density at radius 2 is 2.00 bits per heavy atom. The normalized spacial score (nSPS) is 12.5. The van der Waals surface area contributed by atoms with E-state index in [0.717, 1.165) is 17.7 Å². The monoisotopic (exact) mass is 264 g/mol. The van der Waals surface area contributed by atoms with Crippen LogP contribution in [0, 0.1) is 5.92 Å². The number of rotatable bonds is 7. The lowest BCUT2D eigenvalue weighted by Crippen LogP contribution is -2.35. The first-order valence-corrected chi connectivity index (χ1v) is 6.75. The third kappa shape index (κ3) is 5.41. The Kier molecular flexibility index (Phi) is 6.53. The Balaban J connectivity index is 2.34. The fourth-order valence-electron chi connectivity index (χ4n) is 1.76. The van der Waals surface area contributed by atoms with Crippen LogP contribution in [0.15, 0.2) is 24.3 Å². The molecule has 0 aliphatic heterocycles. The summed E-state index contributed by atoms with van der Waals surface area (Å²) in [6.45, 7) is 7.24. The average molecular weight is 264 g/mol. The summed E-state index contributed by atoms with van der Waals surface area (Å²) in [6.07, 6.45) is 0. The molecule has 0 spiro atoms. The van der Waals surface area contributed by atoms with Gasteiger partial charge in [-0.15, -0.1) is 0 Å². The van der Waals surface area contributed by atoms with Crippen molar-refractivity contribution in [2.24, 2.45) is 5.92 Å². The highest BCUT2D eigenvalue weighted by molar-refractivity contribution is 5.77. The van der Waals surface area contributed by atoms with Gasteiger partial charge in [-0.2, -0.15) is 0 Å². The van der Waals surface area contributed by atoms with Gasteiger partial charge in [0.05, 0.1) is 6.61 Å². The summed E-state index contributed by atoms with van der Waals surface area (Å²) in [5.41, 5.74) is 2.06. The number of aliphatic hydroxyl groups excluding tert-OH is 1. The van der Waals surface area contributed by atoms with Gasteiger partial charge in [0, 0.05) is 25.0 Å². The van der Waals surface area contributed by atoms with E-state index in [1.165, 1.54) is 0 Å². The first-order chi connectivity index (χ1) is 9.04. The van der Waals surface area contributed by atoms with Crippen LogP contribution in [0.5, 0.6) is 0 Å². The van der Waals surface area contributed by atoms with Crippen molar-refractivity contribution in [3.8, 4) is 0 Å². The van der Waals surface area contributed by atoms with Crippen molar-refractivity contribution in [1.29, 1.82) is 0 Å². The van der Waals surface area contributed by atoms with Crippen LogP contribution in [-0.2, 0) is 11.4 Å². The Morgan fingerprint density at radius 3 is 2.63 bits per heavy atom. The van der Waals surface area contributed by atoms with Crippen molar-refractivity contribution >= 4 is 5.91 Å². The zero-order valence-electron chi connectivity index (χ0n) is 11.9. The van der Waals surface area contributed by atoms with E-state index in [1.807, 2.05) is 38.1 Å². The number of nitrogens with one attached hydrogen (secondary N) is 2. The first-order valence-electron chi connectivity index (χ1n) is 6.75. The average Bonchev–Trinajstić information content (AvgIpc) is 2.42. The summed E-state index contributed by atoms with van der Waals surface area (Å²) in [6, 6.07) is 8.06. The fourth-order valence-corrected chi connectivity index (χ4v) is 1.76. The zero-order chi connectivity index (χ0) is 14.3. The second kappa shape index (κ2) is 7.92. The van der Waals surface area contributed by atoms with Crippen LogP contribution in [0.1, 0.15) is 37.9 Å². The van der Waals surface area contributed by atoms with Crippen molar-refractivity contribution in [3.05, 3.63) is 35.4 Å². The van der Waals surface area contributed by atoms with Gasteiger partial charge in [0.2, 0.25) is 5.91 Å². The third-order valence-corrected chi connectivity index (χ3v) is 3.03. The Morgan fingerprint density at radius 1 is 1.26 bits per heavy atom. The summed E-state index contributed by atoms with van der Waals surface area (Å²) in [5.74, 6) is 0.107. The van der Waals surface area contributed by atoms with E-state index in [4.69, 9.17) is 5.11 Å². The van der Waals surface area contributed by atoms with E-state index in [-0.39, 0.29) is 24.5 Å². The van der Waals surface area contributed by atoms with Gasteiger partial charge in [-0.3, -0.25) is 4.79 Å². The van der Waals surface area contributed by atoms with E-state index in [9.17, 15) is 4.79 Å². The van der Waals surface area contributed by atoms with E-state index < -0.39 is 0 Å². The van der Waals surface area contributed by atoms with Gasteiger partial charge in [0.25, 0.3) is 0 Å². The number of hydrogen-bond acceptors (Lipinski definition) is 3. The lowest BCUT2D eigenvalue weighted by atomic mass is 10.1. The predicted molar refractivity (Wildman–Crippen MR) is 76.6 cm³/mol. The second-order valence-corrected chi connectivity index (χ2v) is 5.02. The molecule has 0 saturated carbocycles. The maximum atomic E-state index is 11.4. The second-order valence-electron chi connectivity index (χ2n) is 5.02. The maximum absolute atomic E-state index is 11.4. The van der Waals surface area contributed by atoms with E-state index in [0.29, 0.717) is 6.54 Å². The number of hydrogen-bond donors (Lipinski definition) is 3. The summed E-state index contributed by atoms with van der Waals surface area (Å²) in [4.78, 5) is 11.4. The quantitative estimate of drug-likeness (QED) is 0.656. The van der Waals surface area contributed by atoms with Crippen LogP contribution in [0.25, 0.3) is 0 Å². The standard InChI is InChI=1S/C15H24N2O2/c1-11(2)15(19)17-8-7-16-12(3)14-6-4-5-13(9-14)10-18/h4-6,9,11-12,16,18H,7-8,10H2,1-3H3,(H,17,19). The fraction of sp³-hybridized carbons (Fsp3) is 0.533. The molecule has 1 aromatic rings. The van der Waals surface area contributed by atoms with Crippen LogP contribution >= 0.6 is 0 Å². The minimum atomic E-state index is 0.0265. The largest absolute Gasteiger partial charge is 0.392 e. The molecular formula is C15H24N2O2. The van der Waals surface area contributed by atoms with Gasteiger partial charge in [-0.05, 0) is 18.1 Å². The molecule has 0 fully saturated rings. The molecule has 0 heterocycles. The van der Waals surface area contributed by atoms with Crippen LogP contribution < -0.4 is 10.6 Å². The van der Waals surface area contributed by atoms with Crippen LogP contribution in [-0.4, -0.2) is 24.1 Å². The number of carbonyl (C=O) groups is 1. The lowest BCUT2D eigenvalue weighted by molar-refractivity contribution is -0.123. The molecule has 0 bridgehead atoms. The van der Waals surface area contributed by atoms with Crippen molar-refractivity contribution in [1.82, 2.24) is 10.6 Å². The van der Waals surface area contributed by atoms with Gasteiger partial charge in [0.15, 0.2) is 0 Å². The Bertz CT molecular complexity index is 405.